The molecule has 0 bridgehead atoms. The number of carboxylic acids is 1. The molecule has 1 saturated heterocycles. The van der Waals surface area contributed by atoms with Crippen molar-refractivity contribution in [1.82, 2.24) is 5.32 Å². The van der Waals surface area contributed by atoms with Crippen LogP contribution in [0.25, 0.3) is 0 Å². The number of nitrogens with one attached hydrogen (secondary N) is 1. The predicted octanol–water partition coefficient (Wildman–Crippen LogP) is 0.886. The molecular weight excluding hydrogens is 256 g/mol. The number of anilines is 1. The summed E-state index contributed by atoms with van der Waals surface area (Å²) in [5.41, 5.74) is 1.83. The molecule has 2 N–H and O–H groups in total. The van der Waals surface area contributed by atoms with Gasteiger partial charge in [0.2, 0.25) is 5.91 Å². The molecule has 2 heterocycles. The van der Waals surface area contributed by atoms with Crippen molar-refractivity contribution in [2.45, 2.75) is 12.8 Å². The van der Waals surface area contributed by atoms with Gasteiger partial charge in [-0.05, 0) is 31.0 Å². The van der Waals surface area contributed by atoms with Gasteiger partial charge in [-0.25, -0.2) is 0 Å². The van der Waals surface area contributed by atoms with E-state index in [0.29, 0.717) is 13.0 Å². The standard InChI is InChI=1S/C15H18N2O3/c18-14(11-5-6-16-8-11)17-9-12(15(19)20)7-10-3-1-2-4-13(10)17/h1-4,11-12,16H,5-9H2,(H,19,20). The van der Waals surface area contributed by atoms with E-state index in [-0.39, 0.29) is 18.4 Å². The number of benzene rings is 1. The lowest BCUT2D eigenvalue weighted by Gasteiger charge is -2.34. The Hall–Kier alpha value is -1.88. The number of carbonyl (C=O) groups excluding carboxylic acids is 1. The Bertz CT molecular complexity index is 538. The average molecular weight is 274 g/mol. The smallest absolute Gasteiger partial charge is 0.308 e. The first kappa shape index (κ1) is 13.1. The maximum atomic E-state index is 12.6. The summed E-state index contributed by atoms with van der Waals surface area (Å²) in [6, 6.07) is 7.61. The molecule has 1 fully saturated rings. The van der Waals surface area contributed by atoms with E-state index >= 15 is 0 Å². The first-order chi connectivity index (χ1) is 9.66. The number of para-hydroxylation sites is 1. The fourth-order valence-electron chi connectivity index (χ4n) is 3.06. The maximum absolute atomic E-state index is 12.6. The first-order valence-corrected chi connectivity index (χ1v) is 6.99. The Morgan fingerprint density at radius 3 is 2.75 bits per heavy atom. The Labute approximate surface area is 117 Å². The van der Waals surface area contributed by atoms with Gasteiger partial charge in [-0.15, -0.1) is 0 Å². The van der Waals surface area contributed by atoms with Gasteiger partial charge < -0.3 is 15.3 Å². The van der Waals surface area contributed by atoms with Crippen LogP contribution in [0.5, 0.6) is 0 Å². The van der Waals surface area contributed by atoms with E-state index in [1.807, 2.05) is 24.3 Å². The third-order valence-corrected chi connectivity index (χ3v) is 4.18. The lowest BCUT2D eigenvalue weighted by Crippen LogP contribution is -2.45. The summed E-state index contributed by atoms with van der Waals surface area (Å²) in [6.45, 7) is 1.82. The van der Waals surface area contributed by atoms with Gasteiger partial charge in [-0.1, -0.05) is 18.2 Å². The van der Waals surface area contributed by atoms with E-state index in [9.17, 15) is 14.7 Å². The van der Waals surface area contributed by atoms with Gasteiger partial charge in [0.05, 0.1) is 11.8 Å². The van der Waals surface area contributed by atoms with E-state index in [1.165, 1.54) is 0 Å². The van der Waals surface area contributed by atoms with Crippen molar-refractivity contribution in [3.8, 4) is 0 Å². The topological polar surface area (TPSA) is 69.6 Å². The largest absolute Gasteiger partial charge is 0.481 e. The number of nitrogens with zero attached hydrogens (tertiary/aromatic N) is 1. The molecular formula is C15H18N2O3. The minimum absolute atomic E-state index is 0.0319. The normalized spacial score (nSPS) is 25.3. The van der Waals surface area contributed by atoms with Gasteiger partial charge in [0.1, 0.15) is 0 Å². The van der Waals surface area contributed by atoms with Gasteiger partial charge in [-0.2, -0.15) is 0 Å². The highest BCUT2D eigenvalue weighted by Crippen LogP contribution is 2.31. The number of carbonyl (C=O) groups is 2. The zero-order valence-corrected chi connectivity index (χ0v) is 11.2. The summed E-state index contributed by atoms with van der Waals surface area (Å²) < 4.78 is 0. The van der Waals surface area contributed by atoms with Crippen LogP contribution in [0.3, 0.4) is 0 Å². The van der Waals surface area contributed by atoms with Crippen molar-refractivity contribution in [3.05, 3.63) is 29.8 Å². The minimum atomic E-state index is -0.832. The number of hydrogen-bond donors (Lipinski definition) is 2. The van der Waals surface area contributed by atoms with Crippen LogP contribution in [0.4, 0.5) is 5.69 Å². The Kier molecular flexibility index (Phi) is 3.44. The van der Waals surface area contributed by atoms with Gasteiger partial charge >= 0.3 is 5.97 Å². The number of amides is 1. The summed E-state index contributed by atoms with van der Waals surface area (Å²) in [4.78, 5) is 25.6. The van der Waals surface area contributed by atoms with Crippen LogP contribution in [0, 0.1) is 11.8 Å². The fourth-order valence-corrected chi connectivity index (χ4v) is 3.06. The molecule has 1 aromatic rings. The monoisotopic (exact) mass is 274 g/mol. The van der Waals surface area contributed by atoms with E-state index in [4.69, 9.17) is 0 Å². The highest BCUT2D eigenvalue weighted by atomic mass is 16.4. The summed E-state index contributed by atoms with van der Waals surface area (Å²) in [6.07, 6.45) is 1.33. The van der Waals surface area contributed by atoms with Crippen molar-refractivity contribution in [2.75, 3.05) is 24.5 Å². The Morgan fingerprint density at radius 2 is 2.05 bits per heavy atom. The Balaban J connectivity index is 1.91. The third-order valence-electron chi connectivity index (χ3n) is 4.18. The highest BCUT2D eigenvalue weighted by molar-refractivity contribution is 5.97. The minimum Gasteiger partial charge on any atom is -0.481 e. The number of hydrogen-bond acceptors (Lipinski definition) is 3. The molecule has 1 amide bonds. The second-order valence-corrected chi connectivity index (χ2v) is 5.51. The number of aliphatic carboxylic acids is 1. The molecule has 0 spiro atoms. The summed E-state index contributed by atoms with van der Waals surface area (Å²) in [5, 5.41) is 12.5. The average Bonchev–Trinajstić information content (AvgIpc) is 2.99. The molecule has 5 heteroatoms. The van der Waals surface area contributed by atoms with Crippen LogP contribution < -0.4 is 10.2 Å². The van der Waals surface area contributed by atoms with Crippen molar-refractivity contribution in [2.24, 2.45) is 11.8 Å². The maximum Gasteiger partial charge on any atom is 0.308 e. The first-order valence-electron chi connectivity index (χ1n) is 6.99. The Morgan fingerprint density at radius 1 is 1.25 bits per heavy atom. The molecule has 3 rings (SSSR count). The summed E-state index contributed by atoms with van der Waals surface area (Å²) >= 11 is 0. The molecule has 1 aromatic carbocycles. The van der Waals surface area contributed by atoms with Gasteiger partial charge in [0.15, 0.2) is 0 Å². The molecule has 0 radical (unpaired) electrons. The van der Waals surface area contributed by atoms with Crippen molar-refractivity contribution in [3.63, 3.8) is 0 Å². The molecule has 0 aromatic heterocycles. The van der Waals surface area contributed by atoms with Gasteiger partial charge in [-0.3, -0.25) is 9.59 Å². The van der Waals surface area contributed by atoms with Gasteiger partial charge in [0, 0.05) is 18.8 Å². The summed E-state index contributed by atoms with van der Waals surface area (Å²) in [5.74, 6) is -1.32. The van der Waals surface area contributed by atoms with E-state index in [1.54, 1.807) is 4.90 Å². The van der Waals surface area contributed by atoms with Gasteiger partial charge in [0.25, 0.3) is 0 Å². The molecule has 20 heavy (non-hydrogen) atoms. The molecule has 0 saturated carbocycles. The zero-order valence-electron chi connectivity index (χ0n) is 11.2. The van der Waals surface area contributed by atoms with Crippen LogP contribution >= 0.6 is 0 Å². The predicted molar refractivity (Wildman–Crippen MR) is 74.6 cm³/mol. The van der Waals surface area contributed by atoms with Crippen molar-refractivity contribution in [1.29, 1.82) is 0 Å². The van der Waals surface area contributed by atoms with E-state index in [2.05, 4.69) is 5.32 Å². The number of carboxylic acid groups (broad SMARTS) is 1. The number of fused-ring (bicyclic) bond motifs is 1. The molecule has 0 aliphatic carbocycles. The van der Waals surface area contributed by atoms with Crippen LogP contribution in [0.1, 0.15) is 12.0 Å². The zero-order chi connectivity index (χ0) is 14.1. The molecule has 5 nitrogen and oxygen atoms in total. The summed E-state index contributed by atoms with van der Waals surface area (Å²) in [7, 11) is 0. The SMILES string of the molecule is O=C(O)C1Cc2ccccc2N(C(=O)C2CCNC2)C1. The van der Waals surface area contributed by atoms with Crippen LogP contribution in [0.15, 0.2) is 24.3 Å². The lowest BCUT2D eigenvalue weighted by atomic mass is 9.91. The molecule has 2 unspecified atom stereocenters. The highest BCUT2D eigenvalue weighted by Gasteiger charge is 2.35. The van der Waals surface area contributed by atoms with Crippen LogP contribution in [-0.4, -0.2) is 36.6 Å². The third kappa shape index (κ3) is 2.29. The second kappa shape index (κ2) is 5.25. The molecule has 106 valence electrons. The van der Waals surface area contributed by atoms with E-state index in [0.717, 1.165) is 24.2 Å². The molecule has 2 atom stereocenters. The second-order valence-electron chi connectivity index (χ2n) is 5.51. The van der Waals surface area contributed by atoms with Crippen molar-refractivity contribution < 1.29 is 14.7 Å². The molecule has 2 aliphatic rings. The fraction of sp³-hybridized carbons (Fsp3) is 0.467. The van der Waals surface area contributed by atoms with Crippen LogP contribution in [0.2, 0.25) is 0 Å². The number of rotatable bonds is 2. The quantitative estimate of drug-likeness (QED) is 0.840. The van der Waals surface area contributed by atoms with Crippen molar-refractivity contribution >= 4 is 17.6 Å². The van der Waals surface area contributed by atoms with Crippen LogP contribution in [-0.2, 0) is 16.0 Å². The van der Waals surface area contributed by atoms with E-state index < -0.39 is 11.9 Å². The molecule has 2 aliphatic heterocycles. The lowest BCUT2D eigenvalue weighted by molar-refractivity contribution is -0.141.